The van der Waals surface area contributed by atoms with Crippen LogP contribution in [0, 0.1) is 0 Å². The summed E-state index contributed by atoms with van der Waals surface area (Å²) in [6.07, 6.45) is 0. The molecule has 0 atom stereocenters. The van der Waals surface area contributed by atoms with E-state index in [1.54, 1.807) is 0 Å². The monoisotopic (exact) mass is 288 g/mol. The first-order valence-electron chi connectivity index (χ1n) is 6.94. The number of hydrogen-bond donors (Lipinski definition) is 1. The van der Waals surface area contributed by atoms with Gasteiger partial charge in [0.15, 0.2) is 0 Å². The highest BCUT2D eigenvalue weighted by atomic mass is 32.1. The Kier molecular flexibility index (Phi) is 4.23. The topological polar surface area (TPSA) is 0 Å². The van der Waals surface area contributed by atoms with Crippen LogP contribution in [0.3, 0.4) is 0 Å². The largest absolute Gasteiger partial charge is 0.143 e. The van der Waals surface area contributed by atoms with E-state index in [1.807, 2.05) is 30.3 Å². The molecule has 0 aromatic heterocycles. The molecule has 0 aliphatic rings. The Morgan fingerprint density at radius 1 is 0.429 bits per heavy atom. The predicted octanol–water partition coefficient (Wildman–Crippen LogP) is 5.97. The molecular weight excluding hydrogens is 272 g/mol. The first kappa shape index (κ1) is 13.7. The van der Waals surface area contributed by atoms with Crippen LogP contribution in [0.25, 0.3) is 21.5 Å². The molecular formula is C20H16S. The lowest BCUT2D eigenvalue weighted by atomic mass is 10.0. The molecule has 102 valence electrons. The molecule has 21 heavy (non-hydrogen) atoms. The first-order valence-corrected chi connectivity index (χ1v) is 7.39. The molecule has 0 aliphatic heterocycles. The van der Waals surface area contributed by atoms with Crippen molar-refractivity contribution in [3.8, 4) is 0 Å². The third-order valence-electron chi connectivity index (χ3n) is 3.37. The van der Waals surface area contributed by atoms with Crippen molar-refractivity contribution in [2.75, 3.05) is 0 Å². The summed E-state index contributed by atoms with van der Waals surface area (Å²) in [4.78, 5) is 1.02. The van der Waals surface area contributed by atoms with Gasteiger partial charge in [-0.05, 0) is 45.8 Å². The van der Waals surface area contributed by atoms with Crippen LogP contribution in [-0.2, 0) is 0 Å². The van der Waals surface area contributed by atoms with E-state index in [2.05, 4.69) is 73.3 Å². The minimum Gasteiger partial charge on any atom is -0.143 e. The van der Waals surface area contributed by atoms with E-state index in [9.17, 15) is 0 Å². The molecule has 1 heteroatoms. The molecule has 0 saturated carbocycles. The Bertz CT molecular complexity index is 746. The molecule has 4 aromatic carbocycles. The second-order valence-corrected chi connectivity index (χ2v) is 5.40. The predicted molar refractivity (Wildman–Crippen MR) is 95.1 cm³/mol. The zero-order chi connectivity index (χ0) is 14.5. The highest BCUT2D eigenvalue weighted by molar-refractivity contribution is 7.80. The normalized spacial score (nSPS) is 10.1. The van der Waals surface area contributed by atoms with E-state index in [0.29, 0.717) is 0 Å². The standard InChI is InChI=1S/C14H10.C6H6S/c1-2-6-12-10-14-8-4-3-7-13(14)9-11(12)5-1;7-6-4-2-1-3-5-6/h1-10H;1-5,7H. The second-order valence-electron chi connectivity index (χ2n) is 4.88. The Morgan fingerprint density at radius 2 is 0.762 bits per heavy atom. The quantitative estimate of drug-likeness (QED) is 0.299. The van der Waals surface area contributed by atoms with Crippen LogP contribution in [0.4, 0.5) is 0 Å². The Balaban J connectivity index is 0.000000160. The minimum atomic E-state index is 1.02. The Morgan fingerprint density at radius 3 is 1.05 bits per heavy atom. The smallest absolute Gasteiger partial charge is 0.00399 e. The first-order chi connectivity index (χ1) is 10.3. The van der Waals surface area contributed by atoms with Crippen molar-refractivity contribution in [2.45, 2.75) is 4.90 Å². The maximum absolute atomic E-state index is 4.08. The van der Waals surface area contributed by atoms with Crippen LogP contribution in [0.1, 0.15) is 0 Å². The van der Waals surface area contributed by atoms with Gasteiger partial charge in [0.25, 0.3) is 0 Å². The summed E-state index contributed by atoms with van der Waals surface area (Å²) in [5.74, 6) is 0. The molecule has 0 nitrogen and oxygen atoms in total. The van der Waals surface area contributed by atoms with Crippen LogP contribution < -0.4 is 0 Å². The van der Waals surface area contributed by atoms with Crippen molar-refractivity contribution in [3.63, 3.8) is 0 Å². The minimum absolute atomic E-state index is 1.02. The van der Waals surface area contributed by atoms with Gasteiger partial charge in [-0.25, -0.2) is 0 Å². The van der Waals surface area contributed by atoms with Gasteiger partial charge in [-0.2, -0.15) is 0 Å². The fourth-order valence-corrected chi connectivity index (χ4v) is 2.48. The van der Waals surface area contributed by atoms with Crippen molar-refractivity contribution in [2.24, 2.45) is 0 Å². The van der Waals surface area contributed by atoms with E-state index >= 15 is 0 Å². The van der Waals surface area contributed by atoms with Gasteiger partial charge in [0.1, 0.15) is 0 Å². The van der Waals surface area contributed by atoms with Gasteiger partial charge in [0.05, 0.1) is 0 Å². The van der Waals surface area contributed by atoms with Gasteiger partial charge in [0.2, 0.25) is 0 Å². The van der Waals surface area contributed by atoms with Crippen LogP contribution in [0.5, 0.6) is 0 Å². The van der Waals surface area contributed by atoms with Crippen molar-refractivity contribution < 1.29 is 0 Å². The maximum atomic E-state index is 4.08. The van der Waals surface area contributed by atoms with Crippen molar-refractivity contribution in [1.29, 1.82) is 0 Å². The third-order valence-corrected chi connectivity index (χ3v) is 3.67. The lowest BCUT2D eigenvalue weighted by Crippen LogP contribution is -1.74. The lowest BCUT2D eigenvalue weighted by molar-refractivity contribution is 1.48. The van der Waals surface area contributed by atoms with E-state index in [0.717, 1.165) is 4.90 Å². The molecule has 0 amide bonds. The average Bonchev–Trinajstić information content (AvgIpc) is 2.54. The summed E-state index contributed by atoms with van der Waals surface area (Å²) in [7, 11) is 0. The van der Waals surface area contributed by atoms with E-state index in [1.165, 1.54) is 21.5 Å². The van der Waals surface area contributed by atoms with E-state index < -0.39 is 0 Å². The second kappa shape index (κ2) is 6.47. The average molecular weight is 288 g/mol. The van der Waals surface area contributed by atoms with E-state index in [4.69, 9.17) is 0 Å². The van der Waals surface area contributed by atoms with Crippen LogP contribution >= 0.6 is 12.6 Å². The van der Waals surface area contributed by atoms with Crippen LogP contribution in [-0.4, -0.2) is 0 Å². The molecule has 0 unspecified atom stereocenters. The number of benzene rings is 4. The third kappa shape index (κ3) is 3.45. The summed E-state index contributed by atoms with van der Waals surface area (Å²) >= 11 is 4.08. The lowest BCUT2D eigenvalue weighted by Gasteiger charge is -2.00. The van der Waals surface area contributed by atoms with Gasteiger partial charge < -0.3 is 0 Å². The summed E-state index contributed by atoms with van der Waals surface area (Å²) in [5.41, 5.74) is 0. The summed E-state index contributed by atoms with van der Waals surface area (Å²) < 4.78 is 0. The summed E-state index contributed by atoms with van der Waals surface area (Å²) in [6, 6.07) is 31.2. The molecule has 0 spiro atoms. The van der Waals surface area contributed by atoms with Gasteiger partial charge in [0, 0.05) is 4.90 Å². The molecule has 0 saturated heterocycles. The zero-order valence-corrected chi connectivity index (χ0v) is 12.5. The number of thiol groups is 1. The number of rotatable bonds is 0. The molecule has 0 bridgehead atoms. The summed E-state index contributed by atoms with van der Waals surface area (Å²) in [5, 5.41) is 5.25. The van der Waals surface area contributed by atoms with Crippen molar-refractivity contribution in [1.82, 2.24) is 0 Å². The zero-order valence-electron chi connectivity index (χ0n) is 11.6. The molecule has 4 rings (SSSR count). The summed E-state index contributed by atoms with van der Waals surface area (Å²) in [6.45, 7) is 0. The van der Waals surface area contributed by atoms with Crippen LogP contribution in [0.15, 0.2) is 95.9 Å². The van der Waals surface area contributed by atoms with Gasteiger partial charge in [-0.3, -0.25) is 0 Å². The highest BCUT2D eigenvalue weighted by Gasteiger charge is 1.95. The Hall–Kier alpha value is -2.25. The Labute approximate surface area is 130 Å². The van der Waals surface area contributed by atoms with Gasteiger partial charge >= 0.3 is 0 Å². The fraction of sp³-hybridized carbons (Fsp3) is 0. The molecule has 0 radical (unpaired) electrons. The molecule has 0 heterocycles. The molecule has 0 aliphatic carbocycles. The van der Waals surface area contributed by atoms with Gasteiger partial charge in [-0.1, -0.05) is 66.7 Å². The van der Waals surface area contributed by atoms with E-state index in [-0.39, 0.29) is 0 Å². The van der Waals surface area contributed by atoms with Crippen molar-refractivity contribution in [3.05, 3.63) is 91.0 Å². The van der Waals surface area contributed by atoms with Crippen molar-refractivity contribution >= 4 is 34.2 Å². The number of hydrogen-bond acceptors (Lipinski definition) is 1. The van der Waals surface area contributed by atoms with Gasteiger partial charge in [-0.15, -0.1) is 12.6 Å². The molecule has 4 aromatic rings. The molecule has 0 N–H and O–H groups in total. The fourth-order valence-electron chi connectivity index (χ4n) is 2.31. The van der Waals surface area contributed by atoms with Crippen LogP contribution in [0.2, 0.25) is 0 Å². The highest BCUT2D eigenvalue weighted by Crippen LogP contribution is 2.21. The maximum Gasteiger partial charge on any atom is 0.00399 e. The molecule has 0 fully saturated rings. The SMILES string of the molecule is Sc1ccccc1.c1ccc2cc3ccccc3cc2c1. The number of fused-ring (bicyclic) bond motifs is 2.